The van der Waals surface area contributed by atoms with Gasteiger partial charge in [-0.2, -0.15) is 0 Å². The third-order valence-electron chi connectivity index (χ3n) is 12.6. The van der Waals surface area contributed by atoms with Crippen LogP contribution in [-0.2, 0) is 0 Å². The van der Waals surface area contributed by atoms with E-state index in [1.807, 2.05) is 0 Å². The Balaban J connectivity index is 1.01. The highest BCUT2D eigenvalue weighted by atomic mass is 15.1. The first-order valence-corrected chi connectivity index (χ1v) is 21.3. The topological polar surface area (TPSA) is 8.17 Å². The molecule has 0 spiro atoms. The third-order valence-corrected chi connectivity index (χ3v) is 12.6. The first-order chi connectivity index (χ1) is 30.7. The van der Waals surface area contributed by atoms with Crippen molar-refractivity contribution >= 4 is 71.2 Å². The van der Waals surface area contributed by atoms with Crippen LogP contribution in [0.5, 0.6) is 0 Å². The number of para-hydroxylation sites is 2. The summed E-state index contributed by atoms with van der Waals surface area (Å²) in [6, 6.07) is 88.5. The lowest BCUT2D eigenvalue weighted by molar-refractivity contribution is 1.18. The highest BCUT2D eigenvalue weighted by Gasteiger charge is 2.19. The monoisotopic (exact) mass is 788 g/mol. The summed E-state index contributed by atoms with van der Waals surface area (Å²) in [5, 5.41) is 9.99. The largest absolute Gasteiger partial charge is 0.310 e. The molecule has 0 amide bonds. The van der Waals surface area contributed by atoms with Crippen molar-refractivity contribution < 1.29 is 0 Å². The van der Waals surface area contributed by atoms with Gasteiger partial charge in [-0.3, -0.25) is 0 Å². The standard InChI is InChI=1S/C60H40N2/c1-2-17-46-40-60-57(39-45(46)16-1)56-25-8-10-29-59(56)62(60)58-28-9-7-24-55(58)47-20-11-21-50(38-47)61(48-34-30-43(31-35-48)53-26-12-18-41-14-3-5-22-51(41)53)49-36-32-44(33-37-49)54-27-13-19-42-15-4-6-23-52(42)54/h1-40H. The van der Waals surface area contributed by atoms with Crippen molar-refractivity contribution in [3.8, 4) is 39.1 Å². The summed E-state index contributed by atoms with van der Waals surface area (Å²) < 4.78 is 2.45. The summed E-state index contributed by atoms with van der Waals surface area (Å²) in [6.45, 7) is 0. The van der Waals surface area contributed by atoms with Crippen LogP contribution < -0.4 is 4.90 Å². The van der Waals surface area contributed by atoms with Crippen LogP contribution in [-0.4, -0.2) is 4.57 Å². The Bertz CT molecular complexity index is 3500. The maximum absolute atomic E-state index is 2.45. The van der Waals surface area contributed by atoms with E-state index in [9.17, 15) is 0 Å². The number of nitrogens with zero attached hydrogens (tertiary/aromatic N) is 2. The molecule has 12 aromatic rings. The molecule has 2 heteroatoms. The number of hydrogen-bond acceptors (Lipinski definition) is 1. The van der Waals surface area contributed by atoms with E-state index in [-0.39, 0.29) is 0 Å². The minimum atomic E-state index is 1.08. The summed E-state index contributed by atoms with van der Waals surface area (Å²) in [4.78, 5) is 2.39. The van der Waals surface area contributed by atoms with Crippen LogP contribution in [0.3, 0.4) is 0 Å². The SMILES string of the molecule is c1cc(-c2ccccc2-n2c3ccccc3c3cc4ccccc4cc32)cc(N(c2ccc(-c3cccc4ccccc34)cc2)c2ccc(-c3cccc4ccccc34)cc2)c1. The Morgan fingerprint density at radius 2 is 0.742 bits per heavy atom. The molecule has 2 nitrogen and oxygen atoms in total. The molecule has 1 heterocycles. The molecule has 62 heavy (non-hydrogen) atoms. The van der Waals surface area contributed by atoms with Gasteiger partial charge in [0.1, 0.15) is 0 Å². The van der Waals surface area contributed by atoms with Gasteiger partial charge in [0.25, 0.3) is 0 Å². The summed E-state index contributed by atoms with van der Waals surface area (Å²) in [5.74, 6) is 0. The molecule has 0 unspecified atom stereocenters. The molecule has 290 valence electrons. The Kier molecular flexibility index (Phi) is 8.53. The molecule has 0 aliphatic heterocycles. The Labute approximate surface area is 360 Å². The average Bonchev–Trinajstić information content (AvgIpc) is 3.66. The number of anilines is 3. The molecule has 0 fully saturated rings. The first-order valence-electron chi connectivity index (χ1n) is 21.3. The average molecular weight is 789 g/mol. The molecule has 0 saturated heterocycles. The van der Waals surface area contributed by atoms with Gasteiger partial charge in [-0.15, -0.1) is 0 Å². The number of fused-ring (bicyclic) bond motifs is 6. The van der Waals surface area contributed by atoms with Crippen LogP contribution >= 0.6 is 0 Å². The molecule has 0 saturated carbocycles. The summed E-state index contributed by atoms with van der Waals surface area (Å²) in [6.07, 6.45) is 0. The second kappa shape index (κ2) is 14.8. The van der Waals surface area contributed by atoms with E-state index in [4.69, 9.17) is 0 Å². The van der Waals surface area contributed by atoms with Crippen molar-refractivity contribution in [3.05, 3.63) is 243 Å². The molecule has 1 aromatic heterocycles. The second-order valence-corrected chi connectivity index (χ2v) is 16.1. The van der Waals surface area contributed by atoms with E-state index in [0.29, 0.717) is 0 Å². The van der Waals surface area contributed by atoms with Crippen molar-refractivity contribution in [2.75, 3.05) is 4.90 Å². The molecule has 0 radical (unpaired) electrons. The second-order valence-electron chi connectivity index (χ2n) is 16.1. The zero-order valence-electron chi connectivity index (χ0n) is 34.0. The smallest absolute Gasteiger partial charge is 0.0547 e. The normalized spacial score (nSPS) is 11.5. The van der Waals surface area contributed by atoms with Crippen molar-refractivity contribution in [3.63, 3.8) is 0 Å². The molecule has 0 N–H and O–H groups in total. The highest BCUT2D eigenvalue weighted by Crippen LogP contribution is 2.42. The Morgan fingerprint density at radius 1 is 0.258 bits per heavy atom. The first kappa shape index (κ1) is 35.7. The summed E-state index contributed by atoms with van der Waals surface area (Å²) in [5.41, 5.74) is 14.0. The quantitative estimate of drug-likeness (QED) is 0.156. The molecule has 0 aliphatic carbocycles. The molecule has 11 aromatic carbocycles. The van der Waals surface area contributed by atoms with Crippen LogP contribution in [0.1, 0.15) is 0 Å². The predicted molar refractivity (Wildman–Crippen MR) is 264 cm³/mol. The maximum Gasteiger partial charge on any atom is 0.0547 e. The third kappa shape index (κ3) is 6.04. The van der Waals surface area contributed by atoms with Crippen LogP contribution in [0.15, 0.2) is 243 Å². The molecule has 0 aliphatic rings. The van der Waals surface area contributed by atoms with Gasteiger partial charge in [0.05, 0.1) is 16.7 Å². The van der Waals surface area contributed by atoms with E-state index < -0.39 is 0 Å². The highest BCUT2D eigenvalue weighted by molar-refractivity contribution is 6.14. The van der Waals surface area contributed by atoms with Gasteiger partial charge in [0.2, 0.25) is 0 Å². The van der Waals surface area contributed by atoms with E-state index in [2.05, 4.69) is 252 Å². The summed E-state index contributed by atoms with van der Waals surface area (Å²) in [7, 11) is 0. The minimum absolute atomic E-state index is 1.08. The lowest BCUT2D eigenvalue weighted by Gasteiger charge is -2.27. The fraction of sp³-hybridized carbons (Fsp3) is 0. The van der Waals surface area contributed by atoms with Crippen molar-refractivity contribution in [1.82, 2.24) is 4.57 Å². The molecule has 0 bridgehead atoms. The van der Waals surface area contributed by atoms with Gasteiger partial charge in [-0.1, -0.05) is 182 Å². The van der Waals surface area contributed by atoms with Crippen LogP contribution in [0.2, 0.25) is 0 Å². The predicted octanol–water partition coefficient (Wildman–Crippen LogP) is 16.7. The fourth-order valence-corrected chi connectivity index (χ4v) is 9.62. The minimum Gasteiger partial charge on any atom is -0.310 e. The number of benzene rings is 11. The zero-order valence-corrected chi connectivity index (χ0v) is 34.0. The molecule has 12 rings (SSSR count). The van der Waals surface area contributed by atoms with Crippen LogP contribution in [0.4, 0.5) is 17.1 Å². The van der Waals surface area contributed by atoms with E-state index in [1.54, 1.807) is 0 Å². The van der Waals surface area contributed by atoms with Gasteiger partial charge in [0, 0.05) is 33.4 Å². The number of rotatable bonds is 7. The van der Waals surface area contributed by atoms with Crippen molar-refractivity contribution in [1.29, 1.82) is 0 Å². The molecular formula is C60H40N2. The van der Waals surface area contributed by atoms with Gasteiger partial charge in [0.15, 0.2) is 0 Å². The molecular weight excluding hydrogens is 749 g/mol. The van der Waals surface area contributed by atoms with E-state index in [1.165, 1.54) is 81.9 Å². The lowest BCUT2D eigenvalue weighted by Crippen LogP contribution is -2.10. The zero-order chi connectivity index (χ0) is 41.0. The lowest BCUT2D eigenvalue weighted by atomic mass is 9.97. The van der Waals surface area contributed by atoms with Gasteiger partial charge < -0.3 is 9.47 Å². The number of aromatic nitrogens is 1. The Morgan fingerprint density at radius 3 is 1.39 bits per heavy atom. The number of hydrogen-bond donors (Lipinski definition) is 0. The van der Waals surface area contributed by atoms with E-state index >= 15 is 0 Å². The van der Waals surface area contributed by atoms with Gasteiger partial charge >= 0.3 is 0 Å². The molecule has 0 atom stereocenters. The van der Waals surface area contributed by atoms with Crippen LogP contribution in [0.25, 0.3) is 93.2 Å². The Hall–Kier alpha value is -8.20. The van der Waals surface area contributed by atoms with E-state index in [0.717, 1.165) is 28.3 Å². The maximum atomic E-state index is 2.45. The van der Waals surface area contributed by atoms with Crippen molar-refractivity contribution in [2.45, 2.75) is 0 Å². The van der Waals surface area contributed by atoms with Crippen LogP contribution in [0, 0.1) is 0 Å². The fourth-order valence-electron chi connectivity index (χ4n) is 9.62. The van der Waals surface area contributed by atoms with Gasteiger partial charge in [-0.05, 0) is 121 Å². The van der Waals surface area contributed by atoms with Gasteiger partial charge in [-0.25, -0.2) is 0 Å². The van der Waals surface area contributed by atoms with Crippen molar-refractivity contribution in [2.24, 2.45) is 0 Å². The summed E-state index contributed by atoms with van der Waals surface area (Å²) >= 11 is 0.